The summed E-state index contributed by atoms with van der Waals surface area (Å²) >= 11 is 1.79. The molecule has 0 spiro atoms. The Bertz CT molecular complexity index is 561. The van der Waals surface area contributed by atoms with Gasteiger partial charge in [-0.1, -0.05) is 36.9 Å². The van der Waals surface area contributed by atoms with Crippen LogP contribution in [0.5, 0.6) is 0 Å². The first-order valence-corrected chi connectivity index (χ1v) is 8.77. The summed E-state index contributed by atoms with van der Waals surface area (Å²) in [5, 5.41) is 9.93. The highest BCUT2D eigenvalue weighted by Crippen LogP contribution is 2.28. The molecular formula is C16H22N4S. The minimum absolute atomic E-state index is 1.000. The maximum Gasteiger partial charge on any atom is 0.232 e. The van der Waals surface area contributed by atoms with Gasteiger partial charge in [0.2, 0.25) is 5.95 Å². The molecule has 1 aliphatic heterocycles. The molecular weight excluding hydrogens is 280 g/mol. The molecule has 3 rings (SSSR count). The lowest BCUT2D eigenvalue weighted by atomic mass is 10.1. The van der Waals surface area contributed by atoms with Crippen molar-refractivity contribution in [2.24, 2.45) is 0 Å². The Labute approximate surface area is 130 Å². The minimum Gasteiger partial charge on any atom is -0.341 e. The molecule has 0 atom stereocenters. The highest BCUT2D eigenvalue weighted by Gasteiger charge is 2.21. The van der Waals surface area contributed by atoms with Crippen molar-refractivity contribution < 1.29 is 0 Å². The molecule has 1 fully saturated rings. The van der Waals surface area contributed by atoms with Crippen LogP contribution in [0.25, 0.3) is 5.69 Å². The Balaban J connectivity index is 1.97. The molecule has 21 heavy (non-hydrogen) atoms. The fourth-order valence-electron chi connectivity index (χ4n) is 2.65. The van der Waals surface area contributed by atoms with E-state index in [-0.39, 0.29) is 0 Å². The number of rotatable bonds is 5. The van der Waals surface area contributed by atoms with Crippen molar-refractivity contribution in [1.82, 2.24) is 14.8 Å². The van der Waals surface area contributed by atoms with E-state index in [0.717, 1.165) is 42.1 Å². The number of aromatic nitrogens is 3. The average Bonchev–Trinajstić information content (AvgIpc) is 2.98. The molecule has 1 aromatic heterocycles. The Morgan fingerprint density at radius 2 is 1.81 bits per heavy atom. The van der Waals surface area contributed by atoms with Crippen LogP contribution in [0.15, 0.2) is 35.5 Å². The summed E-state index contributed by atoms with van der Waals surface area (Å²) in [6.45, 7) is 4.37. The summed E-state index contributed by atoms with van der Waals surface area (Å²) in [4.78, 5) is 2.37. The maximum absolute atomic E-state index is 4.49. The van der Waals surface area contributed by atoms with Crippen LogP contribution in [-0.4, -0.2) is 33.6 Å². The molecule has 1 aliphatic rings. The van der Waals surface area contributed by atoms with Gasteiger partial charge in [0.25, 0.3) is 0 Å². The molecule has 0 radical (unpaired) electrons. The molecule has 0 bridgehead atoms. The largest absolute Gasteiger partial charge is 0.341 e. The van der Waals surface area contributed by atoms with Gasteiger partial charge < -0.3 is 4.90 Å². The van der Waals surface area contributed by atoms with Crippen molar-refractivity contribution in [3.05, 3.63) is 30.3 Å². The van der Waals surface area contributed by atoms with Crippen molar-refractivity contribution >= 4 is 17.7 Å². The number of hydrogen-bond donors (Lipinski definition) is 0. The van der Waals surface area contributed by atoms with E-state index in [2.05, 4.69) is 50.9 Å². The van der Waals surface area contributed by atoms with Crippen LogP contribution in [0.1, 0.15) is 32.6 Å². The minimum atomic E-state index is 1.000. The molecule has 0 N–H and O–H groups in total. The first-order chi connectivity index (χ1) is 10.4. The molecule has 4 nitrogen and oxygen atoms in total. The van der Waals surface area contributed by atoms with Gasteiger partial charge in [-0.25, -0.2) is 0 Å². The Morgan fingerprint density at radius 1 is 1.05 bits per heavy atom. The van der Waals surface area contributed by atoms with E-state index in [9.17, 15) is 0 Å². The number of hydrogen-bond acceptors (Lipinski definition) is 4. The van der Waals surface area contributed by atoms with Gasteiger partial charge in [-0.3, -0.25) is 4.57 Å². The third-order valence-electron chi connectivity index (χ3n) is 3.70. The van der Waals surface area contributed by atoms with Crippen LogP contribution in [0, 0.1) is 0 Å². The Morgan fingerprint density at radius 3 is 2.52 bits per heavy atom. The summed E-state index contributed by atoms with van der Waals surface area (Å²) in [6, 6.07) is 10.5. The van der Waals surface area contributed by atoms with Crippen molar-refractivity contribution in [3.63, 3.8) is 0 Å². The predicted octanol–water partition coefficient (Wildman–Crippen LogP) is 3.76. The van der Waals surface area contributed by atoms with Crippen LogP contribution in [0.2, 0.25) is 0 Å². The van der Waals surface area contributed by atoms with Gasteiger partial charge in [-0.15, -0.1) is 10.2 Å². The van der Waals surface area contributed by atoms with Gasteiger partial charge in [0.05, 0.1) is 5.69 Å². The van der Waals surface area contributed by atoms with E-state index in [1.54, 1.807) is 11.8 Å². The van der Waals surface area contributed by atoms with E-state index < -0.39 is 0 Å². The van der Waals surface area contributed by atoms with Crippen molar-refractivity contribution in [3.8, 4) is 5.69 Å². The number of piperidine rings is 1. The Hall–Kier alpha value is -1.49. The topological polar surface area (TPSA) is 34.0 Å². The number of benzene rings is 1. The molecule has 0 aliphatic carbocycles. The van der Waals surface area contributed by atoms with E-state index in [1.165, 1.54) is 19.3 Å². The zero-order valence-corrected chi connectivity index (χ0v) is 13.4. The third-order valence-corrected chi connectivity index (χ3v) is 4.84. The van der Waals surface area contributed by atoms with Crippen molar-refractivity contribution in [2.75, 3.05) is 23.7 Å². The highest BCUT2D eigenvalue weighted by molar-refractivity contribution is 7.99. The van der Waals surface area contributed by atoms with Gasteiger partial charge in [0, 0.05) is 18.8 Å². The standard InChI is InChI=1S/C16H22N4S/c1-2-13-21-16-18-17-15(19-11-7-4-8-12-19)20(16)14-9-5-3-6-10-14/h3,5-6,9-10H,2,4,7-8,11-13H2,1H3. The summed E-state index contributed by atoms with van der Waals surface area (Å²) < 4.78 is 2.21. The number of nitrogens with zero attached hydrogens (tertiary/aromatic N) is 4. The zero-order chi connectivity index (χ0) is 14.5. The quantitative estimate of drug-likeness (QED) is 0.788. The maximum atomic E-state index is 4.49. The first-order valence-electron chi connectivity index (χ1n) is 7.78. The van der Waals surface area contributed by atoms with Crippen molar-refractivity contribution in [1.29, 1.82) is 0 Å². The smallest absolute Gasteiger partial charge is 0.232 e. The lowest BCUT2D eigenvalue weighted by molar-refractivity contribution is 0.564. The predicted molar refractivity (Wildman–Crippen MR) is 88.4 cm³/mol. The molecule has 2 heterocycles. The summed E-state index contributed by atoms with van der Waals surface area (Å²) in [7, 11) is 0. The van der Waals surface area contributed by atoms with Crippen LogP contribution in [-0.2, 0) is 0 Å². The molecule has 112 valence electrons. The molecule has 0 unspecified atom stereocenters. The van der Waals surface area contributed by atoms with Gasteiger partial charge >= 0.3 is 0 Å². The normalized spacial score (nSPS) is 15.4. The molecule has 2 aromatic rings. The molecule has 0 saturated carbocycles. The Kier molecular flexibility index (Phi) is 4.80. The van der Waals surface area contributed by atoms with E-state index >= 15 is 0 Å². The fourth-order valence-corrected chi connectivity index (χ4v) is 3.45. The molecule has 1 aromatic carbocycles. The lowest BCUT2D eigenvalue weighted by Gasteiger charge is -2.27. The second-order valence-corrected chi connectivity index (χ2v) is 6.41. The van der Waals surface area contributed by atoms with Gasteiger partial charge in [-0.2, -0.15) is 0 Å². The SMILES string of the molecule is CCCSc1nnc(N2CCCCC2)n1-c1ccccc1. The van der Waals surface area contributed by atoms with Gasteiger partial charge in [0.15, 0.2) is 5.16 Å². The number of anilines is 1. The van der Waals surface area contributed by atoms with E-state index in [0.29, 0.717) is 0 Å². The monoisotopic (exact) mass is 302 g/mol. The van der Waals surface area contributed by atoms with E-state index in [1.807, 2.05) is 6.07 Å². The molecule has 1 saturated heterocycles. The van der Waals surface area contributed by atoms with Crippen LogP contribution >= 0.6 is 11.8 Å². The van der Waals surface area contributed by atoms with Crippen LogP contribution < -0.4 is 4.90 Å². The second kappa shape index (κ2) is 6.98. The fraction of sp³-hybridized carbons (Fsp3) is 0.500. The van der Waals surface area contributed by atoms with E-state index in [4.69, 9.17) is 0 Å². The highest BCUT2D eigenvalue weighted by atomic mass is 32.2. The van der Waals surface area contributed by atoms with Gasteiger partial charge in [0.1, 0.15) is 0 Å². The number of para-hydroxylation sites is 1. The average molecular weight is 302 g/mol. The number of thioether (sulfide) groups is 1. The van der Waals surface area contributed by atoms with Crippen molar-refractivity contribution in [2.45, 2.75) is 37.8 Å². The first kappa shape index (κ1) is 14.4. The van der Waals surface area contributed by atoms with Crippen LogP contribution in [0.3, 0.4) is 0 Å². The van der Waals surface area contributed by atoms with Gasteiger partial charge in [-0.05, 0) is 37.8 Å². The summed E-state index contributed by atoms with van der Waals surface area (Å²) in [5.74, 6) is 2.07. The van der Waals surface area contributed by atoms with Crippen LogP contribution in [0.4, 0.5) is 5.95 Å². The zero-order valence-electron chi connectivity index (χ0n) is 12.5. The molecule has 0 amide bonds. The summed E-state index contributed by atoms with van der Waals surface area (Å²) in [5.41, 5.74) is 1.15. The third kappa shape index (κ3) is 3.23. The summed E-state index contributed by atoms with van der Waals surface area (Å²) in [6.07, 6.45) is 4.97. The molecule has 5 heteroatoms. The lowest BCUT2D eigenvalue weighted by Crippen LogP contribution is -2.31. The second-order valence-electron chi connectivity index (χ2n) is 5.35.